The van der Waals surface area contributed by atoms with Gasteiger partial charge in [0.1, 0.15) is 17.3 Å². The molecule has 2 heterocycles. The maximum absolute atomic E-state index is 13.8. The zero-order chi connectivity index (χ0) is 19.8. The summed E-state index contributed by atoms with van der Waals surface area (Å²) in [6.07, 6.45) is 0. The van der Waals surface area contributed by atoms with Crippen LogP contribution >= 0.6 is 0 Å². The summed E-state index contributed by atoms with van der Waals surface area (Å²) in [4.78, 5) is 16.7. The number of hydrogen-bond acceptors (Lipinski definition) is 3. The second-order valence-electron chi connectivity index (χ2n) is 8.09. The molecule has 1 aromatic carbocycles. The molecule has 7 heteroatoms. The molecule has 0 radical (unpaired) electrons. The van der Waals surface area contributed by atoms with Gasteiger partial charge in [0.15, 0.2) is 0 Å². The van der Waals surface area contributed by atoms with Gasteiger partial charge in [-0.05, 0) is 24.3 Å². The molecule has 0 atom stereocenters. The molecular weight excluding hydrogens is 350 g/mol. The number of rotatable bonds is 3. The highest BCUT2D eigenvalue weighted by Crippen LogP contribution is 2.22. The summed E-state index contributed by atoms with van der Waals surface area (Å²) in [5.41, 5.74) is 1.68. The summed E-state index contributed by atoms with van der Waals surface area (Å²) >= 11 is 0. The molecule has 0 spiro atoms. The third kappa shape index (κ3) is 4.35. The molecule has 1 saturated heterocycles. The number of piperazine rings is 1. The standard InChI is InChI=1S/C20H26F2N4O/c1-20(2,3)18-12-17(24(4)23-18)19(27)26-9-7-25(8-10-26)13-14-11-15(21)5-6-16(14)22/h5-6,11-12H,7-10,13H2,1-4H3. The van der Waals surface area contributed by atoms with Gasteiger partial charge in [0.2, 0.25) is 0 Å². The van der Waals surface area contributed by atoms with Gasteiger partial charge in [0.25, 0.3) is 5.91 Å². The Morgan fingerprint density at radius 3 is 2.37 bits per heavy atom. The average Bonchev–Trinajstić information content (AvgIpc) is 3.00. The van der Waals surface area contributed by atoms with Crippen molar-refractivity contribution >= 4 is 5.91 Å². The number of nitrogens with zero attached hydrogens (tertiary/aromatic N) is 4. The quantitative estimate of drug-likeness (QED) is 0.827. The summed E-state index contributed by atoms with van der Waals surface area (Å²) in [7, 11) is 1.78. The molecule has 146 valence electrons. The Labute approximate surface area is 158 Å². The molecule has 1 amide bonds. The van der Waals surface area contributed by atoms with E-state index < -0.39 is 11.6 Å². The lowest BCUT2D eigenvalue weighted by atomic mass is 9.92. The lowest BCUT2D eigenvalue weighted by molar-refractivity contribution is 0.0616. The van der Waals surface area contributed by atoms with Crippen LogP contribution in [0.4, 0.5) is 8.78 Å². The van der Waals surface area contributed by atoms with Crippen LogP contribution in [0.1, 0.15) is 42.5 Å². The van der Waals surface area contributed by atoms with Crippen molar-refractivity contribution in [2.75, 3.05) is 26.2 Å². The van der Waals surface area contributed by atoms with Crippen LogP contribution in [-0.2, 0) is 19.0 Å². The van der Waals surface area contributed by atoms with Crippen molar-refractivity contribution in [1.82, 2.24) is 19.6 Å². The Morgan fingerprint density at radius 1 is 1.11 bits per heavy atom. The molecule has 27 heavy (non-hydrogen) atoms. The van der Waals surface area contributed by atoms with E-state index in [1.807, 2.05) is 11.0 Å². The molecule has 0 saturated carbocycles. The van der Waals surface area contributed by atoms with Crippen molar-refractivity contribution in [3.8, 4) is 0 Å². The van der Waals surface area contributed by atoms with Crippen molar-refractivity contribution in [2.45, 2.75) is 32.7 Å². The summed E-state index contributed by atoms with van der Waals surface area (Å²) in [6.45, 7) is 8.86. The van der Waals surface area contributed by atoms with Crippen LogP contribution in [-0.4, -0.2) is 51.7 Å². The Balaban J connectivity index is 1.63. The van der Waals surface area contributed by atoms with Gasteiger partial charge < -0.3 is 4.90 Å². The average molecular weight is 376 g/mol. The molecule has 1 aliphatic rings. The maximum atomic E-state index is 13.8. The van der Waals surface area contributed by atoms with Crippen molar-refractivity contribution in [1.29, 1.82) is 0 Å². The van der Waals surface area contributed by atoms with Gasteiger partial charge in [-0.15, -0.1) is 0 Å². The fourth-order valence-corrected chi connectivity index (χ4v) is 3.21. The van der Waals surface area contributed by atoms with Gasteiger partial charge in [-0.25, -0.2) is 8.78 Å². The predicted molar refractivity (Wildman–Crippen MR) is 99.4 cm³/mol. The Kier molecular flexibility index (Phi) is 5.33. The molecule has 5 nitrogen and oxygen atoms in total. The van der Waals surface area contributed by atoms with Crippen LogP contribution in [0.5, 0.6) is 0 Å². The molecule has 1 aromatic heterocycles. The minimum absolute atomic E-state index is 0.0444. The van der Waals surface area contributed by atoms with E-state index in [9.17, 15) is 13.6 Å². The van der Waals surface area contributed by atoms with Crippen LogP contribution in [0, 0.1) is 11.6 Å². The number of halogens is 2. The lowest BCUT2D eigenvalue weighted by Gasteiger charge is -2.34. The smallest absolute Gasteiger partial charge is 0.272 e. The molecule has 1 aliphatic heterocycles. The zero-order valence-electron chi connectivity index (χ0n) is 16.3. The minimum Gasteiger partial charge on any atom is -0.335 e. The fourth-order valence-electron chi connectivity index (χ4n) is 3.21. The molecule has 0 unspecified atom stereocenters. The normalized spacial score (nSPS) is 16.0. The number of aromatic nitrogens is 2. The molecule has 0 aliphatic carbocycles. The molecule has 1 fully saturated rings. The summed E-state index contributed by atoms with van der Waals surface area (Å²) < 4.78 is 28.8. The van der Waals surface area contributed by atoms with Gasteiger partial charge in [0, 0.05) is 50.7 Å². The third-order valence-electron chi connectivity index (χ3n) is 4.93. The molecular formula is C20H26F2N4O. The minimum atomic E-state index is -0.439. The zero-order valence-corrected chi connectivity index (χ0v) is 16.3. The number of carbonyl (C=O) groups excluding carboxylic acids is 1. The number of hydrogen-bond donors (Lipinski definition) is 0. The first-order valence-corrected chi connectivity index (χ1v) is 9.15. The third-order valence-corrected chi connectivity index (χ3v) is 4.93. The molecule has 2 aromatic rings. The van der Waals surface area contributed by atoms with Gasteiger partial charge >= 0.3 is 0 Å². The first kappa shape index (κ1) is 19.5. The van der Waals surface area contributed by atoms with E-state index in [-0.39, 0.29) is 11.3 Å². The largest absolute Gasteiger partial charge is 0.335 e. The van der Waals surface area contributed by atoms with Crippen molar-refractivity contribution in [2.24, 2.45) is 7.05 Å². The van der Waals surface area contributed by atoms with Crippen molar-refractivity contribution < 1.29 is 13.6 Å². The Bertz CT molecular complexity index is 833. The first-order chi connectivity index (χ1) is 12.6. The van der Waals surface area contributed by atoms with Gasteiger partial charge in [0.05, 0.1) is 5.69 Å². The summed E-state index contributed by atoms with van der Waals surface area (Å²) in [6, 6.07) is 5.36. The van der Waals surface area contributed by atoms with Crippen molar-refractivity contribution in [3.63, 3.8) is 0 Å². The van der Waals surface area contributed by atoms with Crippen LogP contribution < -0.4 is 0 Å². The van der Waals surface area contributed by atoms with Gasteiger partial charge in [-0.3, -0.25) is 14.4 Å². The number of aryl methyl sites for hydroxylation is 1. The van der Waals surface area contributed by atoms with E-state index in [0.717, 1.165) is 17.8 Å². The number of carbonyl (C=O) groups is 1. The van der Waals surface area contributed by atoms with Crippen LogP contribution in [0.3, 0.4) is 0 Å². The van der Waals surface area contributed by atoms with Gasteiger partial charge in [-0.1, -0.05) is 20.8 Å². The van der Waals surface area contributed by atoms with E-state index >= 15 is 0 Å². The van der Waals surface area contributed by atoms with E-state index in [1.165, 1.54) is 6.07 Å². The fraction of sp³-hybridized carbons (Fsp3) is 0.500. The van der Waals surface area contributed by atoms with E-state index in [2.05, 4.69) is 25.9 Å². The van der Waals surface area contributed by atoms with E-state index in [0.29, 0.717) is 44.0 Å². The number of amides is 1. The highest BCUT2D eigenvalue weighted by atomic mass is 19.1. The highest BCUT2D eigenvalue weighted by Gasteiger charge is 2.27. The summed E-state index contributed by atoms with van der Waals surface area (Å²) in [5.74, 6) is -0.886. The SMILES string of the molecule is Cn1nc(C(C)(C)C)cc1C(=O)N1CCN(Cc2cc(F)ccc2F)CC1. The topological polar surface area (TPSA) is 41.4 Å². The van der Waals surface area contributed by atoms with E-state index in [1.54, 1.807) is 16.6 Å². The Morgan fingerprint density at radius 2 is 1.78 bits per heavy atom. The number of benzene rings is 1. The monoisotopic (exact) mass is 376 g/mol. The van der Waals surface area contributed by atoms with Crippen LogP contribution in [0.15, 0.2) is 24.3 Å². The highest BCUT2D eigenvalue weighted by molar-refractivity contribution is 5.92. The van der Waals surface area contributed by atoms with Crippen molar-refractivity contribution in [3.05, 3.63) is 52.9 Å². The van der Waals surface area contributed by atoms with Crippen LogP contribution in [0.2, 0.25) is 0 Å². The maximum Gasteiger partial charge on any atom is 0.272 e. The first-order valence-electron chi connectivity index (χ1n) is 9.15. The molecule has 0 bridgehead atoms. The second kappa shape index (κ2) is 7.38. The summed E-state index contributed by atoms with van der Waals surface area (Å²) in [5, 5.41) is 4.47. The Hall–Kier alpha value is -2.28. The van der Waals surface area contributed by atoms with E-state index in [4.69, 9.17) is 0 Å². The second-order valence-corrected chi connectivity index (χ2v) is 8.09. The molecule has 3 rings (SSSR count). The molecule has 0 N–H and O–H groups in total. The predicted octanol–water partition coefficient (Wildman–Crippen LogP) is 2.95. The van der Waals surface area contributed by atoms with Crippen LogP contribution in [0.25, 0.3) is 0 Å². The van der Waals surface area contributed by atoms with Gasteiger partial charge in [-0.2, -0.15) is 5.10 Å². The lowest BCUT2D eigenvalue weighted by Crippen LogP contribution is -2.48.